The Morgan fingerprint density at radius 1 is 1.04 bits per heavy atom. The average molecular weight is 337 g/mol. The van der Waals surface area contributed by atoms with E-state index in [9.17, 15) is 0 Å². The zero-order valence-electron chi connectivity index (χ0n) is 13.4. The second-order valence-corrected chi connectivity index (χ2v) is 6.46. The highest BCUT2D eigenvalue weighted by Crippen LogP contribution is 2.23. The molecule has 0 atom stereocenters. The van der Waals surface area contributed by atoms with E-state index in [2.05, 4.69) is 11.4 Å². The number of nitrogens with one attached hydrogen (secondary N) is 1. The van der Waals surface area contributed by atoms with Crippen LogP contribution in [-0.2, 0) is 11.3 Å². The van der Waals surface area contributed by atoms with Gasteiger partial charge in [0.25, 0.3) is 0 Å². The molecule has 2 aromatic rings. The fourth-order valence-corrected chi connectivity index (χ4v) is 3.03. The van der Waals surface area contributed by atoms with Crippen molar-refractivity contribution in [2.75, 3.05) is 39.4 Å². The maximum atomic E-state index is 5.91. The van der Waals surface area contributed by atoms with Gasteiger partial charge in [0.2, 0.25) is 0 Å². The molecule has 3 rings (SSSR count). The Kier molecular flexibility index (Phi) is 6.11. The minimum absolute atomic E-state index is 0.747. The number of hydrogen-bond acceptors (Lipinski definition) is 2. The van der Waals surface area contributed by atoms with Crippen LogP contribution in [0.2, 0.25) is 5.02 Å². The van der Waals surface area contributed by atoms with Crippen LogP contribution in [0, 0.1) is 0 Å². The van der Waals surface area contributed by atoms with Crippen LogP contribution < -0.4 is 10.2 Å². The Morgan fingerprint density at radius 3 is 2.61 bits per heavy atom. The van der Waals surface area contributed by atoms with Gasteiger partial charge in [-0.25, -0.2) is 0 Å². The number of quaternary nitrogens is 2. The lowest BCUT2D eigenvalue weighted by Gasteiger charge is -2.23. The van der Waals surface area contributed by atoms with Crippen molar-refractivity contribution in [3.8, 4) is 11.3 Å². The lowest BCUT2D eigenvalue weighted by molar-refractivity contribution is -0.909. The van der Waals surface area contributed by atoms with Gasteiger partial charge in [-0.15, -0.1) is 0 Å². The number of ether oxygens (including phenoxy) is 1. The highest BCUT2D eigenvalue weighted by Gasteiger charge is 2.13. The molecule has 0 saturated carbocycles. The quantitative estimate of drug-likeness (QED) is 0.740. The van der Waals surface area contributed by atoms with Gasteiger partial charge >= 0.3 is 0 Å². The van der Waals surface area contributed by atoms with Crippen molar-refractivity contribution in [2.24, 2.45) is 0 Å². The number of benzene rings is 1. The monoisotopic (exact) mass is 336 g/mol. The van der Waals surface area contributed by atoms with Gasteiger partial charge in [-0.2, -0.15) is 0 Å². The van der Waals surface area contributed by atoms with Crippen LogP contribution in [-0.4, -0.2) is 39.4 Å². The SMILES string of the molecule is Clc1ccc(-c2ccc(C[NH2+]CCC[NH+]3CCOCC3)o2)cc1. The highest BCUT2D eigenvalue weighted by molar-refractivity contribution is 6.30. The minimum atomic E-state index is 0.747. The summed E-state index contributed by atoms with van der Waals surface area (Å²) < 4.78 is 11.3. The summed E-state index contributed by atoms with van der Waals surface area (Å²) in [6.45, 7) is 7.42. The largest absolute Gasteiger partial charge is 0.455 e. The number of nitrogens with two attached hydrogens (primary N) is 1. The summed E-state index contributed by atoms with van der Waals surface area (Å²) in [6, 6.07) is 11.8. The molecule has 1 fully saturated rings. The number of morpholine rings is 1. The van der Waals surface area contributed by atoms with Gasteiger partial charge in [0.15, 0.2) is 5.76 Å². The lowest BCUT2D eigenvalue weighted by atomic mass is 10.2. The first-order chi connectivity index (χ1) is 11.3. The molecule has 0 aliphatic carbocycles. The zero-order valence-corrected chi connectivity index (χ0v) is 14.1. The van der Waals surface area contributed by atoms with Crippen molar-refractivity contribution in [3.05, 3.63) is 47.2 Å². The predicted molar refractivity (Wildman–Crippen MR) is 90.7 cm³/mol. The number of furan rings is 1. The standard InChI is InChI=1S/C18H23ClN2O2/c19-16-4-2-15(3-5-16)18-7-6-17(23-18)14-20-8-1-9-21-10-12-22-13-11-21/h2-7,20H,1,8-14H2/p+2. The third kappa shape index (κ3) is 5.08. The van der Waals surface area contributed by atoms with Gasteiger partial charge < -0.3 is 19.4 Å². The van der Waals surface area contributed by atoms with Gasteiger partial charge in [-0.3, -0.25) is 0 Å². The van der Waals surface area contributed by atoms with Gasteiger partial charge in [0.1, 0.15) is 25.4 Å². The molecule has 0 radical (unpaired) electrons. The smallest absolute Gasteiger partial charge is 0.158 e. The molecular weight excluding hydrogens is 312 g/mol. The maximum Gasteiger partial charge on any atom is 0.158 e. The van der Waals surface area contributed by atoms with Crippen LogP contribution in [0.1, 0.15) is 12.2 Å². The normalized spacial score (nSPS) is 15.9. The first kappa shape index (κ1) is 16.5. The summed E-state index contributed by atoms with van der Waals surface area (Å²) in [5.74, 6) is 1.93. The van der Waals surface area contributed by atoms with Crippen molar-refractivity contribution < 1.29 is 19.4 Å². The van der Waals surface area contributed by atoms with E-state index in [4.69, 9.17) is 20.8 Å². The summed E-state index contributed by atoms with van der Waals surface area (Å²) in [5, 5.41) is 3.07. The molecule has 124 valence electrons. The van der Waals surface area contributed by atoms with E-state index in [1.54, 1.807) is 4.90 Å². The van der Waals surface area contributed by atoms with Gasteiger partial charge in [-0.05, 0) is 36.4 Å². The third-order valence-corrected chi connectivity index (χ3v) is 4.53. The maximum absolute atomic E-state index is 5.91. The van der Waals surface area contributed by atoms with Gasteiger partial charge in [-0.1, -0.05) is 11.6 Å². The molecule has 4 nitrogen and oxygen atoms in total. The van der Waals surface area contributed by atoms with E-state index in [1.165, 1.54) is 13.0 Å². The van der Waals surface area contributed by atoms with Crippen molar-refractivity contribution >= 4 is 11.6 Å². The molecule has 1 aromatic carbocycles. The van der Waals surface area contributed by atoms with Crippen molar-refractivity contribution in [2.45, 2.75) is 13.0 Å². The second kappa shape index (κ2) is 8.50. The summed E-state index contributed by atoms with van der Waals surface area (Å²) >= 11 is 5.91. The number of halogens is 1. The lowest BCUT2D eigenvalue weighted by Crippen LogP contribution is -3.14. The first-order valence-corrected chi connectivity index (χ1v) is 8.77. The van der Waals surface area contributed by atoms with Crippen LogP contribution in [0.4, 0.5) is 0 Å². The molecule has 0 bridgehead atoms. The first-order valence-electron chi connectivity index (χ1n) is 8.39. The molecular formula is C18H25ClN2O2+2. The van der Waals surface area contributed by atoms with Crippen molar-refractivity contribution in [1.82, 2.24) is 0 Å². The Balaban J connectivity index is 1.38. The van der Waals surface area contributed by atoms with Crippen LogP contribution in [0.25, 0.3) is 11.3 Å². The van der Waals surface area contributed by atoms with Crippen LogP contribution in [0.15, 0.2) is 40.8 Å². The molecule has 0 spiro atoms. The van der Waals surface area contributed by atoms with Gasteiger partial charge in [0.05, 0.1) is 26.3 Å². The highest BCUT2D eigenvalue weighted by atomic mass is 35.5. The molecule has 1 aliphatic rings. The summed E-state index contributed by atoms with van der Waals surface area (Å²) in [4.78, 5) is 1.67. The van der Waals surface area contributed by atoms with Crippen LogP contribution >= 0.6 is 11.6 Å². The van der Waals surface area contributed by atoms with Crippen molar-refractivity contribution in [1.29, 1.82) is 0 Å². The molecule has 3 N–H and O–H groups in total. The Hall–Kier alpha value is -1.33. The summed E-state index contributed by atoms with van der Waals surface area (Å²) in [7, 11) is 0. The zero-order chi connectivity index (χ0) is 15.9. The van der Waals surface area contributed by atoms with Crippen LogP contribution in [0.5, 0.6) is 0 Å². The minimum Gasteiger partial charge on any atom is -0.455 e. The van der Waals surface area contributed by atoms with Crippen molar-refractivity contribution in [3.63, 3.8) is 0 Å². The number of rotatable bonds is 7. The number of hydrogen-bond donors (Lipinski definition) is 2. The third-order valence-electron chi connectivity index (χ3n) is 4.27. The van der Waals surface area contributed by atoms with E-state index in [0.717, 1.165) is 61.5 Å². The average Bonchev–Trinajstić information content (AvgIpc) is 3.05. The van der Waals surface area contributed by atoms with E-state index in [-0.39, 0.29) is 0 Å². The van der Waals surface area contributed by atoms with E-state index in [1.807, 2.05) is 30.3 Å². The van der Waals surface area contributed by atoms with E-state index >= 15 is 0 Å². The van der Waals surface area contributed by atoms with E-state index < -0.39 is 0 Å². The summed E-state index contributed by atoms with van der Waals surface area (Å²) in [6.07, 6.45) is 1.24. The molecule has 1 aromatic heterocycles. The Morgan fingerprint density at radius 2 is 1.83 bits per heavy atom. The molecule has 0 amide bonds. The predicted octanol–water partition coefficient (Wildman–Crippen LogP) is 0.969. The molecule has 1 saturated heterocycles. The second-order valence-electron chi connectivity index (χ2n) is 6.02. The fraction of sp³-hybridized carbons (Fsp3) is 0.444. The fourth-order valence-electron chi connectivity index (χ4n) is 2.91. The molecule has 1 aliphatic heterocycles. The Labute approximate surface area is 142 Å². The molecule has 23 heavy (non-hydrogen) atoms. The Bertz CT molecular complexity index is 591. The molecule has 5 heteroatoms. The van der Waals surface area contributed by atoms with E-state index in [0.29, 0.717) is 0 Å². The van der Waals surface area contributed by atoms with Crippen LogP contribution in [0.3, 0.4) is 0 Å². The van der Waals surface area contributed by atoms with Gasteiger partial charge in [0, 0.05) is 17.0 Å². The summed E-state index contributed by atoms with van der Waals surface area (Å²) in [5.41, 5.74) is 1.07. The topological polar surface area (TPSA) is 43.4 Å². The molecule has 0 unspecified atom stereocenters. The molecule has 2 heterocycles.